The number of H-pyrrole nitrogens is 1. The fourth-order valence-corrected chi connectivity index (χ4v) is 3.54. The standard InChI is InChI=1S/C22H23N5O2/c1-5-14-8-6-7-13(2)20(14)24-22(28)17-9-16-18(10-19(17)29-4)25-26-21(16)15-11-23-27(3)12-15/h6-12H,5H2,1-4H3,(H,24,28)(H,25,26). The second kappa shape index (κ2) is 7.43. The van der Waals surface area contributed by atoms with E-state index in [0.717, 1.165) is 45.4 Å². The Kier molecular flexibility index (Phi) is 4.80. The van der Waals surface area contributed by atoms with E-state index in [2.05, 4.69) is 27.5 Å². The van der Waals surface area contributed by atoms with Crippen molar-refractivity contribution in [3.8, 4) is 17.0 Å². The largest absolute Gasteiger partial charge is 0.496 e. The first-order valence-corrected chi connectivity index (χ1v) is 9.46. The van der Waals surface area contributed by atoms with Crippen LogP contribution in [0.15, 0.2) is 42.7 Å². The minimum Gasteiger partial charge on any atom is -0.496 e. The van der Waals surface area contributed by atoms with Crippen molar-refractivity contribution in [3.63, 3.8) is 0 Å². The predicted octanol–water partition coefficient (Wildman–Crippen LogP) is 4.10. The van der Waals surface area contributed by atoms with E-state index in [1.165, 1.54) is 0 Å². The van der Waals surface area contributed by atoms with Gasteiger partial charge in [0.15, 0.2) is 0 Å². The predicted molar refractivity (Wildman–Crippen MR) is 113 cm³/mol. The lowest BCUT2D eigenvalue weighted by molar-refractivity contribution is 0.102. The summed E-state index contributed by atoms with van der Waals surface area (Å²) < 4.78 is 7.21. The monoisotopic (exact) mass is 389 g/mol. The van der Waals surface area contributed by atoms with Gasteiger partial charge in [0.05, 0.1) is 24.4 Å². The molecule has 7 nitrogen and oxygen atoms in total. The van der Waals surface area contributed by atoms with Gasteiger partial charge in [0.1, 0.15) is 11.4 Å². The number of ether oxygens (including phenoxy) is 1. The summed E-state index contributed by atoms with van der Waals surface area (Å²) in [5.41, 5.74) is 5.84. The number of aromatic amines is 1. The van der Waals surface area contributed by atoms with Gasteiger partial charge >= 0.3 is 0 Å². The second-order valence-electron chi connectivity index (χ2n) is 6.99. The quantitative estimate of drug-likeness (QED) is 0.538. The van der Waals surface area contributed by atoms with Crippen LogP contribution in [-0.2, 0) is 13.5 Å². The summed E-state index contributed by atoms with van der Waals surface area (Å²) in [4.78, 5) is 13.2. The topological polar surface area (TPSA) is 84.8 Å². The van der Waals surface area contributed by atoms with E-state index in [4.69, 9.17) is 4.74 Å². The minimum atomic E-state index is -0.217. The molecular weight excluding hydrogens is 366 g/mol. The molecule has 0 atom stereocenters. The Bertz CT molecular complexity index is 1210. The highest BCUT2D eigenvalue weighted by atomic mass is 16.5. The molecule has 2 N–H and O–H groups in total. The van der Waals surface area contributed by atoms with Crippen molar-refractivity contribution in [2.45, 2.75) is 20.3 Å². The molecule has 2 heterocycles. The van der Waals surface area contributed by atoms with Crippen LogP contribution in [0.1, 0.15) is 28.4 Å². The number of nitrogens with zero attached hydrogens (tertiary/aromatic N) is 3. The van der Waals surface area contributed by atoms with Crippen molar-refractivity contribution in [1.82, 2.24) is 20.0 Å². The average Bonchev–Trinajstić information content (AvgIpc) is 3.33. The van der Waals surface area contributed by atoms with E-state index in [1.807, 2.05) is 44.4 Å². The number of carbonyl (C=O) groups is 1. The Morgan fingerprint density at radius 2 is 2.14 bits per heavy atom. The van der Waals surface area contributed by atoms with Crippen LogP contribution in [0, 0.1) is 6.92 Å². The maximum Gasteiger partial charge on any atom is 0.259 e. The summed E-state index contributed by atoms with van der Waals surface area (Å²) in [5, 5.41) is 15.6. The van der Waals surface area contributed by atoms with Gasteiger partial charge in [-0.25, -0.2) is 0 Å². The molecule has 0 spiro atoms. The first kappa shape index (κ1) is 18.7. The van der Waals surface area contributed by atoms with Crippen LogP contribution in [0.5, 0.6) is 5.75 Å². The Labute approximate surface area is 168 Å². The third-order valence-electron chi connectivity index (χ3n) is 5.08. The molecule has 29 heavy (non-hydrogen) atoms. The van der Waals surface area contributed by atoms with Gasteiger partial charge in [-0.15, -0.1) is 0 Å². The molecule has 0 aliphatic heterocycles. The molecule has 148 valence electrons. The first-order chi connectivity index (χ1) is 14.0. The third-order valence-corrected chi connectivity index (χ3v) is 5.08. The molecule has 0 saturated heterocycles. The highest BCUT2D eigenvalue weighted by Crippen LogP contribution is 2.32. The van der Waals surface area contributed by atoms with Gasteiger partial charge in [-0.05, 0) is 30.5 Å². The number of hydrogen-bond donors (Lipinski definition) is 2. The Morgan fingerprint density at radius 3 is 2.83 bits per heavy atom. The van der Waals surface area contributed by atoms with Gasteiger partial charge in [0, 0.05) is 35.9 Å². The smallest absolute Gasteiger partial charge is 0.259 e. The number of para-hydroxylation sites is 1. The van der Waals surface area contributed by atoms with Crippen LogP contribution in [0.2, 0.25) is 0 Å². The summed E-state index contributed by atoms with van der Waals surface area (Å²) in [7, 11) is 3.41. The van der Waals surface area contributed by atoms with E-state index in [1.54, 1.807) is 24.1 Å². The number of benzene rings is 2. The normalized spacial score (nSPS) is 11.0. The van der Waals surface area contributed by atoms with Crippen LogP contribution < -0.4 is 10.1 Å². The number of methoxy groups -OCH3 is 1. The molecule has 0 unspecified atom stereocenters. The molecule has 0 radical (unpaired) electrons. The maximum atomic E-state index is 13.2. The number of rotatable bonds is 5. The lowest BCUT2D eigenvalue weighted by Crippen LogP contribution is -2.15. The van der Waals surface area contributed by atoms with Gasteiger partial charge in [-0.1, -0.05) is 25.1 Å². The van der Waals surface area contributed by atoms with Gasteiger partial charge in [0.2, 0.25) is 0 Å². The SMILES string of the molecule is CCc1cccc(C)c1NC(=O)c1cc2c(-c3cnn(C)c3)n[nH]c2cc1OC. The van der Waals surface area contributed by atoms with E-state index in [0.29, 0.717) is 11.3 Å². The highest BCUT2D eigenvalue weighted by molar-refractivity contribution is 6.10. The molecule has 2 aromatic heterocycles. The lowest BCUT2D eigenvalue weighted by atomic mass is 10.0. The zero-order valence-corrected chi connectivity index (χ0v) is 16.9. The number of aromatic nitrogens is 4. The third kappa shape index (κ3) is 3.35. The summed E-state index contributed by atoms with van der Waals surface area (Å²) in [6.07, 6.45) is 4.47. The summed E-state index contributed by atoms with van der Waals surface area (Å²) in [5.74, 6) is 0.272. The fourth-order valence-electron chi connectivity index (χ4n) is 3.54. The van der Waals surface area contributed by atoms with Gasteiger partial charge < -0.3 is 10.1 Å². The number of anilines is 1. The summed E-state index contributed by atoms with van der Waals surface area (Å²) >= 11 is 0. The molecule has 0 fully saturated rings. The van der Waals surface area contributed by atoms with Gasteiger partial charge in [-0.3, -0.25) is 14.6 Å². The highest BCUT2D eigenvalue weighted by Gasteiger charge is 2.19. The maximum absolute atomic E-state index is 13.2. The van der Waals surface area contributed by atoms with Crippen molar-refractivity contribution >= 4 is 22.5 Å². The molecule has 1 amide bonds. The van der Waals surface area contributed by atoms with E-state index >= 15 is 0 Å². The molecule has 4 aromatic rings. The number of hydrogen-bond acceptors (Lipinski definition) is 4. The number of fused-ring (bicyclic) bond motifs is 1. The average molecular weight is 389 g/mol. The summed E-state index contributed by atoms with van der Waals surface area (Å²) in [6, 6.07) is 9.64. The van der Waals surface area contributed by atoms with E-state index in [-0.39, 0.29) is 5.91 Å². The lowest BCUT2D eigenvalue weighted by Gasteiger charge is -2.14. The molecule has 4 rings (SSSR count). The Hall–Kier alpha value is -3.61. The van der Waals surface area contributed by atoms with Crippen molar-refractivity contribution < 1.29 is 9.53 Å². The van der Waals surface area contributed by atoms with Crippen LogP contribution >= 0.6 is 0 Å². The van der Waals surface area contributed by atoms with Crippen molar-refractivity contribution in [2.24, 2.45) is 7.05 Å². The van der Waals surface area contributed by atoms with Crippen molar-refractivity contribution in [1.29, 1.82) is 0 Å². The zero-order chi connectivity index (χ0) is 20.5. The molecule has 2 aromatic carbocycles. The fraction of sp³-hybridized carbons (Fsp3) is 0.227. The van der Waals surface area contributed by atoms with E-state index in [9.17, 15) is 4.79 Å². The van der Waals surface area contributed by atoms with Crippen LogP contribution in [0.4, 0.5) is 5.69 Å². The van der Waals surface area contributed by atoms with Gasteiger partial charge in [0.25, 0.3) is 5.91 Å². The number of carbonyl (C=O) groups excluding carboxylic acids is 1. The first-order valence-electron chi connectivity index (χ1n) is 9.46. The minimum absolute atomic E-state index is 0.217. The summed E-state index contributed by atoms with van der Waals surface area (Å²) in [6.45, 7) is 4.06. The van der Waals surface area contributed by atoms with Gasteiger partial charge in [-0.2, -0.15) is 10.2 Å². The molecule has 0 aliphatic rings. The van der Waals surface area contributed by atoms with Crippen LogP contribution in [-0.4, -0.2) is 33.0 Å². The van der Waals surface area contributed by atoms with Crippen molar-refractivity contribution in [2.75, 3.05) is 12.4 Å². The Balaban J connectivity index is 1.79. The van der Waals surface area contributed by atoms with Crippen LogP contribution in [0.3, 0.4) is 0 Å². The van der Waals surface area contributed by atoms with E-state index < -0.39 is 0 Å². The zero-order valence-electron chi connectivity index (χ0n) is 16.9. The molecule has 7 heteroatoms. The molecule has 0 bridgehead atoms. The molecule has 0 aliphatic carbocycles. The molecular formula is C22H23N5O2. The number of aryl methyl sites for hydroxylation is 3. The number of amides is 1. The second-order valence-corrected chi connectivity index (χ2v) is 6.99. The molecule has 0 saturated carbocycles. The Morgan fingerprint density at radius 1 is 1.31 bits per heavy atom. The van der Waals surface area contributed by atoms with Crippen LogP contribution in [0.25, 0.3) is 22.2 Å². The number of nitrogens with one attached hydrogen (secondary N) is 2. The van der Waals surface area contributed by atoms with Crippen molar-refractivity contribution in [3.05, 3.63) is 59.4 Å².